The molecule has 3 aliphatic heterocycles. The highest BCUT2D eigenvalue weighted by atomic mass is 16.2. The third-order valence-corrected chi connectivity index (χ3v) is 8.67. The summed E-state index contributed by atoms with van der Waals surface area (Å²) in [4.78, 5) is 24.6. The van der Waals surface area contributed by atoms with Crippen LogP contribution in [0.15, 0.2) is 78.9 Å². The Bertz CT molecular complexity index is 1270. The monoisotopic (exact) mass is 552 g/mol. The maximum absolute atomic E-state index is 12.6. The van der Waals surface area contributed by atoms with Crippen molar-refractivity contribution >= 4 is 17.5 Å². The summed E-state index contributed by atoms with van der Waals surface area (Å²) in [7, 11) is 0. The van der Waals surface area contributed by atoms with E-state index < -0.39 is 0 Å². The molecule has 0 aliphatic carbocycles. The van der Waals surface area contributed by atoms with E-state index in [4.69, 9.17) is 0 Å². The van der Waals surface area contributed by atoms with E-state index in [-0.39, 0.29) is 11.8 Å². The second-order valence-corrected chi connectivity index (χ2v) is 11.6. The molecule has 41 heavy (non-hydrogen) atoms. The Hall–Kier alpha value is -3.48. The Labute approximate surface area is 245 Å². The van der Waals surface area contributed by atoms with Crippen molar-refractivity contribution in [2.45, 2.75) is 58.4 Å². The molecule has 0 unspecified atom stereocenters. The van der Waals surface area contributed by atoms with E-state index in [9.17, 15) is 9.59 Å². The third-order valence-electron chi connectivity index (χ3n) is 8.67. The number of nitrogens with zero attached hydrogens (tertiary/aromatic N) is 2. The van der Waals surface area contributed by atoms with Gasteiger partial charge in [0.05, 0.1) is 6.54 Å². The van der Waals surface area contributed by atoms with Crippen molar-refractivity contribution in [3.05, 3.63) is 101 Å². The van der Waals surface area contributed by atoms with Crippen LogP contribution in [0.2, 0.25) is 0 Å². The van der Waals surface area contributed by atoms with E-state index in [1.807, 2.05) is 19.1 Å². The molecule has 216 valence electrons. The predicted molar refractivity (Wildman–Crippen MR) is 166 cm³/mol. The molecule has 2 N–H and O–H groups in total. The van der Waals surface area contributed by atoms with Crippen LogP contribution in [0.1, 0.15) is 66.1 Å². The number of carbonyl (C=O) groups is 2. The molecule has 0 spiro atoms. The van der Waals surface area contributed by atoms with E-state index in [1.165, 1.54) is 43.5 Å². The summed E-state index contributed by atoms with van der Waals surface area (Å²) in [6.45, 7) is 6.57. The number of urea groups is 1. The van der Waals surface area contributed by atoms with Crippen molar-refractivity contribution in [2.75, 3.05) is 31.5 Å². The average molecular weight is 553 g/mol. The minimum atomic E-state index is -0.0800. The number of amides is 2. The van der Waals surface area contributed by atoms with Crippen LogP contribution in [0.4, 0.5) is 10.5 Å². The summed E-state index contributed by atoms with van der Waals surface area (Å²) < 4.78 is 0. The van der Waals surface area contributed by atoms with Gasteiger partial charge in [0.2, 0.25) is 0 Å². The Kier molecular flexibility index (Phi) is 10.2. The zero-order chi connectivity index (χ0) is 28.4. The number of carbonyl (C=O) groups excluding carboxylic acids is 2. The first kappa shape index (κ1) is 29.0. The highest BCUT2D eigenvalue weighted by molar-refractivity contribution is 5.98. The molecule has 0 atom stereocenters. The van der Waals surface area contributed by atoms with E-state index in [2.05, 4.69) is 76.3 Å². The van der Waals surface area contributed by atoms with Gasteiger partial charge < -0.3 is 10.6 Å². The van der Waals surface area contributed by atoms with Crippen molar-refractivity contribution < 1.29 is 9.59 Å². The van der Waals surface area contributed by atoms with Crippen molar-refractivity contribution in [1.82, 2.24) is 15.3 Å². The fourth-order valence-electron chi connectivity index (χ4n) is 6.21. The van der Waals surface area contributed by atoms with E-state index >= 15 is 0 Å². The minimum Gasteiger partial charge on any atom is -0.317 e. The lowest BCUT2D eigenvalue weighted by Crippen LogP contribution is -2.53. The Morgan fingerprint density at radius 3 is 1.98 bits per heavy atom. The maximum atomic E-state index is 12.6. The lowest BCUT2D eigenvalue weighted by Gasteiger charge is -2.41. The SMILES string of the molecule is CCC(=O)c1ccc2c(c1)CN(N1CCC(Cc3ccccc3)CC1)C(=O)N2.c1ccc(CC2CCNCC2)cc1. The van der Waals surface area contributed by atoms with Crippen molar-refractivity contribution in [1.29, 1.82) is 0 Å². The van der Waals surface area contributed by atoms with Crippen LogP contribution in [-0.4, -0.2) is 48.0 Å². The number of hydrazine groups is 1. The molecule has 6 nitrogen and oxygen atoms in total. The number of fused-ring (bicyclic) bond motifs is 1. The highest BCUT2D eigenvalue weighted by Gasteiger charge is 2.31. The van der Waals surface area contributed by atoms with Gasteiger partial charge in [-0.3, -0.25) is 9.80 Å². The summed E-state index contributed by atoms with van der Waals surface area (Å²) in [5, 5.41) is 10.3. The normalized spacial score (nSPS) is 18.2. The summed E-state index contributed by atoms with van der Waals surface area (Å²) >= 11 is 0. The first-order valence-corrected chi connectivity index (χ1v) is 15.4. The molecule has 3 aliphatic rings. The summed E-state index contributed by atoms with van der Waals surface area (Å²) in [6.07, 6.45) is 7.71. The first-order chi connectivity index (χ1) is 20.1. The number of ketones is 1. The second kappa shape index (κ2) is 14.4. The minimum absolute atomic E-state index is 0.0800. The molecule has 2 fully saturated rings. The van der Waals surface area contributed by atoms with Crippen molar-refractivity contribution in [2.24, 2.45) is 11.8 Å². The molecule has 0 bridgehead atoms. The Morgan fingerprint density at radius 1 is 0.805 bits per heavy atom. The number of benzene rings is 3. The Balaban J connectivity index is 0.000000216. The lowest BCUT2D eigenvalue weighted by molar-refractivity contribution is -0.0161. The zero-order valence-electron chi connectivity index (χ0n) is 24.4. The number of piperidine rings is 2. The lowest BCUT2D eigenvalue weighted by atomic mass is 9.90. The van der Waals surface area contributed by atoms with Crippen molar-refractivity contribution in [3.8, 4) is 0 Å². The second-order valence-electron chi connectivity index (χ2n) is 11.6. The summed E-state index contributed by atoms with van der Waals surface area (Å²) in [5.41, 5.74) is 5.42. The van der Waals surface area contributed by atoms with Gasteiger partial charge in [0.15, 0.2) is 5.78 Å². The molecule has 6 heteroatoms. The molecular formula is C35H44N4O2. The Morgan fingerprint density at radius 2 is 1.39 bits per heavy atom. The molecule has 6 rings (SSSR count). The van der Waals surface area contributed by atoms with Gasteiger partial charge in [-0.25, -0.2) is 9.80 Å². The van der Waals surface area contributed by atoms with E-state index in [1.54, 1.807) is 11.1 Å². The van der Waals surface area contributed by atoms with Gasteiger partial charge in [-0.1, -0.05) is 67.6 Å². The average Bonchev–Trinajstić information content (AvgIpc) is 3.02. The molecular weight excluding hydrogens is 508 g/mol. The number of anilines is 1. The maximum Gasteiger partial charge on any atom is 0.336 e. The molecule has 3 heterocycles. The van der Waals surface area contributed by atoms with Gasteiger partial charge in [0.1, 0.15) is 0 Å². The zero-order valence-corrected chi connectivity index (χ0v) is 24.4. The van der Waals surface area contributed by atoms with Gasteiger partial charge in [0.25, 0.3) is 0 Å². The largest absolute Gasteiger partial charge is 0.336 e. The molecule has 0 aromatic heterocycles. The molecule has 2 amide bonds. The van der Waals surface area contributed by atoms with Crippen LogP contribution in [0.25, 0.3) is 0 Å². The molecule has 2 saturated heterocycles. The van der Waals surface area contributed by atoms with Crippen LogP contribution >= 0.6 is 0 Å². The summed E-state index contributed by atoms with van der Waals surface area (Å²) in [5.74, 6) is 1.70. The van der Waals surface area contributed by atoms with Gasteiger partial charge in [-0.05, 0) is 98.3 Å². The summed E-state index contributed by atoms with van der Waals surface area (Å²) in [6, 6.07) is 27.0. The number of nitrogens with one attached hydrogen (secondary N) is 2. The quantitative estimate of drug-likeness (QED) is 0.319. The number of hydrogen-bond donors (Lipinski definition) is 2. The van der Waals surface area contributed by atoms with Crippen LogP contribution in [-0.2, 0) is 19.4 Å². The molecule has 0 saturated carbocycles. The van der Waals surface area contributed by atoms with Gasteiger partial charge >= 0.3 is 6.03 Å². The van der Waals surface area contributed by atoms with Crippen molar-refractivity contribution in [3.63, 3.8) is 0 Å². The van der Waals surface area contributed by atoms with Crippen LogP contribution < -0.4 is 10.6 Å². The fourth-order valence-corrected chi connectivity index (χ4v) is 6.21. The van der Waals surface area contributed by atoms with E-state index in [0.717, 1.165) is 55.1 Å². The topological polar surface area (TPSA) is 64.7 Å². The van der Waals surface area contributed by atoms with Crippen LogP contribution in [0.5, 0.6) is 0 Å². The number of Topliss-reactive ketones (excluding diaryl/α,β-unsaturated/α-hetero) is 1. The predicted octanol–water partition coefficient (Wildman–Crippen LogP) is 6.73. The van der Waals surface area contributed by atoms with Crippen LogP contribution in [0, 0.1) is 11.8 Å². The van der Waals surface area contributed by atoms with E-state index in [0.29, 0.717) is 18.9 Å². The number of rotatable bonds is 7. The standard InChI is InChI=1S/C23H27N3O2.C12H17N/c1-2-22(27)19-8-9-21-20(15-19)16-26(23(28)24-21)25-12-10-18(11-13-25)14-17-6-4-3-5-7-17;1-2-4-11(5-3-1)10-12-6-8-13-9-7-12/h3-9,15,18H,2,10-14,16H2,1H3,(H,24,28);1-5,12-13H,6-10H2. The smallest absolute Gasteiger partial charge is 0.317 e. The van der Waals surface area contributed by atoms with Gasteiger partial charge in [0, 0.05) is 30.8 Å². The number of hydrogen-bond acceptors (Lipinski definition) is 4. The fraction of sp³-hybridized carbons (Fsp3) is 0.429. The first-order valence-electron chi connectivity index (χ1n) is 15.4. The van der Waals surface area contributed by atoms with Gasteiger partial charge in [-0.15, -0.1) is 0 Å². The third kappa shape index (κ3) is 8.05. The van der Waals surface area contributed by atoms with Gasteiger partial charge in [-0.2, -0.15) is 0 Å². The molecule has 3 aromatic carbocycles. The van der Waals surface area contributed by atoms with Crippen LogP contribution in [0.3, 0.4) is 0 Å². The highest BCUT2D eigenvalue weighted by Crippen LogP contribution is 2.29. The molecule has 3 aromatic rings. The molecule has 0 radical (unpaired) electrons.